The zero-order valence-electron chi connectivity index (χ0n) is 19.7. The molecule has 0 saturated heterocycles. The molecule has 0 atom stereocenters. The summed E-state index contributed by atoms with van der Waals surface area (Å²) in [6, 6.07) is 20.5. The Labute approximate surface area is 198 Å². The number of carbonyl (C=O) groups excluding carboxylic acids is 2. The standard InChI is InChI=1S/C28H27FN2O3/c1-28(2,3)20-9-13-22(14-10-20)30-25-24(19-7-11-21(29)12-8-19)26(32)31(27(25)33)17-18-5-15-23(34-4)16-6-18/h5-16,30H,17H2,1-4H3. The van der Waals surface area contributed by atoms with Crippen LogP contribution in [0.1, 0.15) is 37.5 Å². The number of anilines is 1. The summed E-state index contributed by atoms with van der Waals surface area (Å²) in [4.78, 5) is 28.0. The fourth-order valence-corrected chi connectivity index (χ4v) is 3.83. The van der Waals surface area contributed by atoms with Crippen LogP contribution in [-0.2, 0) is 21.5 Å². The topological polar surface area (TPSA) is 58.6 Å². The molecule has 5 nitrogen and oxygen atoms in total. The Morgan fingerprint density at radius 2 is 1.47 bits per heavy atom. The molecule has 0 spiro atoms. The van der Waals surface area contributed by atoms with Gasteiger partial charge in [-0.05, 0) is 58.5 Å². The minimum atomic E-state index is -0.431. The maximum atomic E-state index is 13.5. The number of imide groups is 1. The van der Waals surface area contributed by atoms with E-state index in [1.807, 2.05) is 36.4 Å². The summed E-state index contributed by atoms with van der Waals surface area (Å²) in [5, 5.41) is 3.15. The van der Waals surface area contributed by atoms with Crippen molar-refractivity contribution in [1.29, 1.82) is 0 Å². The average Bonchev–Trinajstić information content (AvgIpc) is 3.04. The zero-order valence-corrected chi connectivity index (χ0v) is 19.7. The van der Waals surface area contributed by atoms with E-state index in [1.165, 1.54) is 29.2 Å². The monoisotopic (exact) mass is 458 g/mol. The molecule has 6 heteroatoms. The second kappa shape index (κ2) is 9.14. The number of hydrogen-bond acceptors (Lipinski definition) is 4. The second-order valence-electron chi connectivity index (χ2n) is 9.25. The molecule has 1 aliphatic heterocycles. The number of amides is 2. The van der Waals surface area contributed by atoms with Crippen molar-refractivity contribution in [3.63, 3.8) is 0 Å². The summed E-state index contributed by atoms with van der Waals surface area (Å²) >= 11 is 0. The lowest BCUT2D eigenvalue weighted by atomic mass is 9.87. The average molecular weight is 459 g/mol. The molecule has 0 aromatic heterocycles. The molecule has 0 fully saturated rings. The lowest BCUT2D eigenvalue weighted by Crippen LogP contribution is -2.32. The molecule has 1 heterocycles. The Bertz CT molecular complexity index is 1240. The summed E-state index contributed by atoms with van der Waals surface area (Å²) in [6.07, 6.45) is 0. The van der Waals surface area contributed by atoms with Crippen molar-refractivity contribution in [2.45, 2.75) is 32.7 Å². The van der Waals surface area contributed by atoms with E-state index in [2.05, 4.69) is 26.1 Å². The molecular weight excluding hydrogens is 431 g/mol. The van der Waals surface area contributed by atoms with Crippen molar-refractivity contribution < 1.29 is 18.7 Å². The van der Waals surface area contributed by atoms with E-state index in [1.54, 1.807) is 19.2 Å². The molecule has 1 aliphatic rings. The first-order valence-corrected chi connectivity index (χ1v) is 11.0. The maximum absolute atomic E-state index is 13.5. The van der Waals surface area contributed by atoms with E-state index in [4.69, 9.17) is 4.74 Å². The summed E-state index contributed by atoms with van der Waals surface area (Å²) in [5.41, 5.74) is 3.50. The Hall–Kier alpha value is -3.93. The maximum Gasteiger partial charge on any atom is 0.278 e. The van der Waals surface area contributed by atoms with Crippen molar-refractivity contribution in [2.24, 2.45) is 0 Å². The van der Waals surface area contributed by atoms with Gasteiger partial charge in [-0.25, -0.2) is 4.39 Å². The van der Waals surface area contributed by atoms with Gasteiger partial charge in [0.1, 0.15) is 17.3 Å². The number of rotatable bonds is 6. The van der Waals surface area contributed by atoms with Gasteiger partial charge in [0.2, 0.25) is 0 Å². The first kappa shape index (κ1) is 23.2. The molecule has 2 amide bonds. The van der Waals surface area contributed by atoms with E-state index < -0.39 is 17.6 Å². The number of nitrogens with one attached hydrogen (secondary N) is 1. The van der Waals surface area contributed by atoms with Crippen molar-refractivity contribution in [2.75, 3.05) is 12.4 Å². The molecular formula is C28H27FN2O3. The second-order valence-corrected chi connectivity index (χ2v) is 9.25. The van der Waals surface area contributed by atoms with Crippen molar-refractivity contribution in [1.82, 2.24) is 4.90 Å². The summed E-state index contributed by atoms with van der Waals surface area (Å²) in [7, 11) is 1.58. The largest absolute Gasteiger partial charge is 0.497 e. The van der Waals surface area contributed by atoms with Crippen LogP contribution in [0.2, 0.25) is 0 Å². The summed E-state index contributed by atoms with van der Waals surface area (Å²) in [5.74, 6) is -0.584. The van der Waals surface area contributed by atoms with Crippen LogP contribution in [0.4, 0.5) is 10.1 Å². The molecule has 0 unspecified atom stereocenters. The third-order valence-corrected chi connectivity index (χ3v) is 5.82. The lowest BCUT2D eigenvalue weighted by molar-refractivity contribution is -0.137. The lowest BCUT2D eigenvalue weighted by Gasteiger charge is -2.19. The molecule has 0 saturated carbocycles. The molecule has 4 rings (SSSR count). The molecule has 3 aromatic rings. The van der Waals surface area contributed by atoms with Crippen LogP contribution < -0.4 is 10.1 Å². The molecule has 34 heavy (non-hydrogen) atoms. The minimum Gasteiger partial charge on any atom is -0.497 e. The van der Waals surface area contributed by atoms with Gasteiger partial charge in [0.15, 0.2) is 0 Å². The highest BCUT2D eigenvalue weighted by molar-refractivity contribution is 6.36. The Balaban J connectivity index is 1.68. The van der Waals surface area contributed by atoms with Gasteiger partial charge in [-0.2, -0.15) is 0 Å². The number of halogens is 1. The molecule has 0 aliphatic carbocycles. The number of hydrogen-bond donors (Lipinski definition) is 1. The van der Waals surface area contributed by atoms with Gasteiger partial charge in [-0.3, -0.25) is 14.5 Å². The first-order chi connectivity index (χ1) is 16.2. The molecule has 3 aromatic carbocycles. The summed E-state index contributed by atoms with van der Waals surface area (Å²) < 4.78 is 18.7. The van der Waals surface area contributed by atoms with Crippen molar-refractivity contribution in [3.05, 3.63) is 101 Å². The van der Waals surface area contributed by atoms with Gasteiger partial charge >= 0.3 is 0 Å². The highest BCUT2D eigenvalue weighted by atomic mass is 19.1. The first-order valence-electron chi connectivity index (χ1n) is 11.0. The number of benzene rings is 3. The zero-order chi connectivity index (χ0) is 24.5. The van der Waals surface area contributed by atoms with Crippen LogP contribution in [0.5, 0.6) is 5.75 Å². The van der Waals surface area contributed by atoms with Crippen LogP contribution in [0.15, 0.2) is 78.5 Å². The predicted molar refractivity (Wildman–Crippen MR) is 131 cm³/mol. The Kier molecular flexibility index (Phi) is 6.24. The van der Waals surface area contributed by atoms with Crippen LogP contribution in [-0.4, -0.2) is 23.8 Å². The predicted octanol–water partition coefficient (Wildman–Crippen LogP) is 5.52. The minimum absolute atomic E-state index is 0.00855. The number of carbonyl (C=O) groups is 2. The summed E-state index contributed by atoms with van der Waals surface area (Å²) in [6.45, 7) is 6.49. The SMILES string of the molecule is COc1ccc(CN2C(=O)C(Nc3ccc(C(C)(C)C)cc3)=C(c3ccc(F)cc3)C2=O)cc1. The van der Waals surface area contributed by atoms with E-state index in [-0.39, 0.29) is 23.2 Å². The molecule has 174 valence electrons. The van der Waals surface area contributed by atoms with E-state index in [0.717, 1.165) is 11.1 Å². The molecule has 0 bridgehead atoms. The quantitative estimate of drug-likeness (QED) is 0.494. The normalized spacial score (nSPS) is 14.1. The Morgan fingerprint density at radius 3 is 2.03 bits per heavy atom. The number of nitrogens with zero attached hydrogens (tertiary/aromatic N) is 1. The van der Waals surface area contributed by atoms with Gasteiger partial charge in [0.25, 0.3) is 11.8 Å². The third kappa shape index (κ3) is 4.71. The number of methoxy groups -OCH3 is 1. The van der Waals surface area contributed by atoms with Gasteiger partial charge in [-0.15, -0.1) is 0 Å². The van der Waals surface area contributed by atoms with Crippen LogP contribution in [0.3, 0.4) is 0 Å². The van der Waals surface area contributed by atoms with Crippen molar-refractivity contribution >= 4 is 23.1 Å². The highest BCUT2D eigenvalue weighted by Crippen LogP contribution is 2.32. The fraction of sp³-hybridized carbons (Fsp3) is 0.214. The van der Waals surface area contributed by atoms with Crippen molar-refractivity contribution in [3.8, 4) is 5.75 Å². The van der Waals surface area contributed by atoms with Crippen LogP contribution >= 0.6 is 0 Å². The van der Waals surface area contributed by atoms with Crippen LogP contribution in [0.25, 0.3) is 5.57 Å². The van der Waals surface area contributed by atoms with Gasteiger partial charge in [-0.1, -0.05) is 57.2 Å². The molecule has 0 radical (unpaired) electrons. The Morgan fingerprint density at radius 1 is 0.853 bits per heavy atom. The molecule has 1 N–H and O–H groups in total. The van der Waals surface area contributed by atoms with Gasteiger partial charge in [0, 0.05) is 5.69 Å². The third-order valence-electron chi connectivity index (χ3n) is 5.82. The van der Waals surface area contributed by atoms with Crippen LogP contribution in [0, 0.1) is 5.82 Å². The highest BCUT2D eigenvalue weighted by Gasteiger charge is 2.39. The fourth-order valence-electron chi connectivity index (χ4n) is 3.83. The van der Waals surface area contributed by atoms with E-state index in [9.17, 15) is 14.0 Å². The number of ether oxygens (including phenoxy) is 1. The van der Waals surface area contributed by atoms with Gasteiger partial charge in [0.05, 0.1) is 19.2 Å². The van der Waals surface area contributed by atoms with E-state index in [0.29, 0.717) is 17.0 Å². The van der Waals surface area contributed by atoms with Gasteiger partial charge < -0.3 is 10.1 Å². The van der Waals surface area contributed by atoms with E-state index >= 15 is 0 Å². The smallest absolute Gasteiger partial charge is 0.278 e.